The molecule has 1 aliphatic carbocycles. The molecule has 2 unspecified atom stereocenters. The molecule has 1 aliphatic heterocycles. The fourth-order valence-electron chi connectivity index (χ4n) is 3.59. The number of rotatable bonds is 3. The lowest BCUT2D eigenvalue weighted by molar-refractivity contribution is -0.152. The van der Waals surface area contributed by atoms with E-state index in [2.05, 4.69) is 48.0 Å². The summed E-state index contributed by atoms with van der Waals surface area (Å²) >= 11 is 0. The molecule has 1 heterocycles. The van der Waals surface area contributed by atoms with Crippen LogP contribution in [0.25, 0.3) is 0 Å². The number of aliphatic imine (C=N–C) groups is 1. The van der Waals surface area contributed by atoms with Crippen LogP contribution in [0.3, 0.4) is 0 Å². The van der Waals surface area contributed by atoms with Crippen molar-refractivity contribution in [1.82, 2.24) is 4.90 Å². The average molecular weight is 300 g/mol. The van der Waals surface area contributed by atoms with Crippen LogP contribution in [0.15, 0.2) is 29.3 Å². The highest BCUT2D eigenvalue weighted by Gasteiger charge is 2.43. The Labute approximate surface area is 132 Å². The largest absolute Gasteiger partial charge is 0.461 e. The van der Waals surface area contributed by atoms with Crippen LogP contribution in [-0.2, 0) is 14.9 Å². The molecule has 1 aromatic carbocycles. The van der Waals surface area contributed by atoms with Crippen LogP contribution in [0, 0.1) is 0 Å². The van der Waals surface area contributed by atoms with Crippen LogP contribution in [0.5, 0.6) is 0 Å². The number of nitrogens with zero attached hydrogens (tertiary/aromatic N) is 2. The number of benzene rings is 1. The van der Waals surface area contributed by atoms with Gasteiger partial charge in [0.25, 0.3) is 0 Å². The van der Waals surface area contributed by atoms with Crippen molar-refractivity contribution in [2.45, 2.75) is 57.7 Å². The first-order chi connectivity index (χ1) is 10.4. The minimum atomic E-state index is -0.297. The standard InChI is InChI=1S/C18H24N2O2/c1-12(2)22-17(21)16-10-19-11-20(16)15-9-18(3,4)14-8-6-5-7-13(14)15/h5-8,11-12,15-16H,9-10H2,1-4H3. The number of ether oxygens (including phenoxy) is 1. The third-order valence-electron chi connectivity index (χ3n) is 4.59. The number of esters is 1. The molecule has 0 bridgehead atoms. The summed E-state index contributed by atoms with van der Waals surface area (Å²) in [6.07, 6.45) is 2.72. The second-order valence-corrected chi connectivity index (χ2v) is 7.12. The Balaban J connectivity index is 1.88. The first kappa shape index (κ1) is 15.1. The summed E-state index contributed by atoms with van der Waals surface area (Å²) in [4.78, 5) is 18.8. The van der Waals surface area contributed by atoms with Gasteiger partial charge in [0.2, 0.25) is 0 Å². The number of carbonyl (C=O) groups is 1. The van der Waals surface area contributed by atoms with Gasteiger partial charge in [0.05, 0.1) is 25.0 Å². The van der Waals surface area contributed by atoms with Gasteiger partial charge in [-0.2, -0.15) is 0 Å². The molecule has 3 rings (SSSR count). The maximum absolute atomic E-state index is 12.4. The second-order valence-electron chi connectivity index (χ2n) is 7.12. The zero-order valence-electron chi connectivity index (χ0n) is 13.7. The fraction of sp³-hybridized carbons (Fsp3) is 0.556. The molecule has 0 spiro atoms. The summed E-state index contributed by atoms with van der Waals surface area (Å²) in [5, 5.41) is 0. The molecule has 2 atom stereocenters. The quantitative estimate of drug-likeness (QED) is 0.806. The molecule has 0 saturated heterocycles. The second kappa shape index (κ2) is 5.41. The monoisotopic (exact) mass is 300 g/mol. The van der Waals surface area contributed by atoms with E-state index in [-0.39, 0.29) is 29.6 Å². The van der Waals surface area contributed by atoms with E-state index >= 15 is 0 Å². The summed E-state index contributed by atoms with van der Waals surface area (Å²) in [6.45, 7) is 8.78. The minimum absolute atomic E-state index is 0.0951. The molecular weight excluding hydrogens is 276 g/mol. The van der Waals surface area contributed by atoms with Gasteiger partial charge < -0.3 is 9.64 Å². The van der Waals surface area contributed by atoms with Crippen molar-refractivity contribution in [3.05, 3.63) is 35.4 Å². The van der Waals surface area contributed by atoms with E-state index in [9.17, 15) is 4.79 Å². The molecule has 0 N–H and O–H groups in total. The minimum Gasteiger partial charge on any atom is -0.461 e. The van der Waals surface area contributed by atoms with E-state index < -0.39 is 0 Å². The van der Waals surface area contributed by atoms with Gasteiger partial charge >= 0.3 is 5.97 Å². The van der Waals surface area contributed by atoms with Crippen molar-refractivity contribution in [3.8, 4) is 0 Å². The highest BCUT2D eigenvalue weighted by molar-refractivity contribution is 5.81. The van der Waals surface area contributed by atoms with Crippen LogP contribution in [0.1, 0.15) is 51.3 Å². The van der Waals surface area contributed by atoms with Crippen molar-refractivity contribution >= 4 is 12.3 Å². The van der Waals surface area contributed by atoms with E-state index in [0.717, 1.165) is 6.42 Å². The van der Waals surface area contributed by atoms with Crippen molar-refractivity contribution in [3.63, 3.8) is 0 Å². The lowest BCUT2D eigenvalue weighted by Crippen LogP contribution is -2.42. The topological polar surface area (TPSA) is 41.9 Å². The van der Waals surface area contributed by atoms with Gasteiger partial charge in [-0.05, 0) is 36.8 Å². The highest BCUT2D eigenvalue weighted by Crippen LogP contribution is 2.47. The zero-order chi connectivity index (χ0) is 15.9. The van der Waals surface area contributed by atoms with Crippen molar-refractivity contribution in [1.29, 1.82) is 0 Å². The maximum Gasteiger partial charge on any atom is 0.331 e. The van der Waals surface area contributed by atoms with Gasteiger partial charge in [-0.25, -0.2) is 4.79 Å². The molecule has 0 aromatic heterocycles. The van der Waals surface area contributed by atoms with Gasteiger partial charge in [-0.15, -0.1) is 0 Å². The first-order valence-corrected chi connectivity index (χ1v) is 7.97. The Kier molecular flexibility index (Phi) is 3.71. The number of carbonyl (C=O) groups excluding carboxylic acids is 1. The van der Waals surface area contributed by atoms with Crippen molar-refractivity contribution < 1.29 is 9.53 Å². The third-order valence-corrected chi connectivity index (χ3v) is 4.59. The Morgan fingerprint density at radius 2 is 2.09 bits per heavy atom. The summed E-state index contributed by atoms with van der Waals surface area (Å²) in [6, 6.07) is 8.43. The van der Waals surface area contributed by atoms with Crippen LogP contribution >= 0.6 is 0 Å². The van der Waals surface area contributed by atoms with E-state index in [1.807, 2.05) is 20.2 Å². The lowest BCUT2D eigenvalue weighted by atomic mass is 9.86. The van der Waals surface area contributed by atoms with Gasteiger partial charge in [0, 0.05) is 0 Å². The molecule has 0 amide bonds. The number of hydrogen-bond donors (Lipinski definition) is 0. The molecule has 4 heteroatoms. The number of fused-ring (bicyclic) bond motifs is 1. The van der Waals surface area contributed by atoms with Crippen LogP contribution in [0.2, 0.25) is 0 Å². The summed E-state index contributed by atoms with van der Waals surface area (Å²) in [5.74, 6) is -0.172. The van der Waals surface area contributed by atoms with Gasteiger partial charge in [0.15, 0.2) is 0 Å². The predicted octanol–water partition coefficient (Wildman–Crippen LogP) is 3.07. The molecule has 0 fully saturated rings. The van der Waals surface area contributed by atoms with Gasteiger partial charge in [0.1, 0.15) is 6.04 Å². The zero-order valence-corrected chi connectivity index (χ0v) is 13.7. The molecule has 4 nitrogen and oxygen atoms in total. The number of hydrogen-bond acceptors (Lipinski definition) is 4. The predicted molar refractivity (Wildman–Crippen MR) is 87.0 cm³/mol. The third kappa shape index (κ3) is 2.51. The molecule has 0 radical (unpaired) electrons. The normalized spacial score (nSPS) is 25.6. The summed E-state index contributed by atoms with van der Waals surface area (Å²) in [5.41, 5.74) is 2.80. The van der Waals surface area contributed by atoms with E-state index in [0.29, 0.717) is 6.54 Å². The summed E-state index contributed by atoms with van der Waals surface area (Å²) < 4.78 is 5.40. The van der Waals surface area contributed by atoms with E-state index in [1.165, 1.54) is 11.1 Å². The smallest absolute Gasteiger partial charge is 0.331 e. The SMILES string of the molecule is CC(C)OC(=O)C1CN=CN1C1CC(C)(C)c2ccccc21. The highest BCUT2D eigenvalue weighted by atomic mass is 16.5. The fourth-order valence-corrected chi connectivity index (χ4v) is 3.59. The molecule has 22 heavy (non-hydrogen) atoms. The molecule has 118 valence electrons. The molecule has 1 aromatic rings. The van der Waals surface area contributed by atoms with Gasteiger partial charge in [-0.3, -0.25) is 4.99 Å². The Morgan fingerprint density at radius 1 is 1.36 bits per heavy atom. The molecule has 2 aliphatic rings. The molecule has 0 saturated carbocycles. The average Bonchev–Trinajstić information content (AvgIpc) is 3.02. The van der Waals surface area contributed by atoms with Crippen molar-refractivity contribution in [2.75, 3.05) is 6.54 Å². The van der Waals surface area contributed by atoms with Crippen LogP contribution < -0.4 is 0 Å². The Morgan fingerprint density at radius 3 is 2.82 bits per heavy atom. The Bertz CT molecular complexity index is 607. The van der Waals surface area contributed by atoms with Gasteiger partial charge in [-0.1, -0.05) is 38.1 Å². The maximum atomic E-state index is 12.4. The summed E-state index contributed by atoms with van der Waals surface area (Å²) in [7, 11) is 0. The molecular formula is C18H24N2O2. The Hall–Kier alpha value is -1.84. The lowest BCUT2D eigenvalue weighted by Gasteiger charge is -2.30. The van der Waals surface area contributed by atoms with Crippen LogP contribution in [0.4, 0.5) is 0 Å². The first-order valence-electron chi connectivity index (χ1n) is 7.97. The van der Waals surface area contributed by atoms with Crippen molar-refractivity contribution in [2.24, 2.45) is 4.99 Å². The van der Waals surface area contributed by atoms with E-state index in [1.54, 1.807) is 0 Å². The van der Waals surface area contributed by atoms with E-state index in [4.69, 9.17) is 4.74 Å². The van der Waals surface area contributed by atoms with Crippen LogP contribution in [-0.4, -0.2) is 35.9 Å².